The van der Waals surface area contributed by atoms with E-state index < -0.39 is 22.9 Å². The van der Waals surface area contributed by atoms with E-state index in [4.69, 9.17) is 18.9 Å². The zero-order valence-electron chi connectivity index (χ0n) is 24.3. The molecule has 1 aliphatic carbocycles. The monoisotopic (exact) mass is 569 g/mol. The molecule has 2 atom stereocenters. The molecule has 9 heteroatoms. The number of aromatic nitrogens is 3. The van der Waals surface area contributed by atoms with E-state index in [2.05, 4.69) is 10.3 Å². The summed E-state index contributed by atoms with van der Waals surface area (Å²) in [5.41, 5.74) is -0.0309. The summed E-state index contributed by atoms with van der Waals surface area (Å²) in [6.07, 6.45) is 2.25. The van der Waals surface area contributed by atoms with Gasteiger partial charge in [0.25, 0.3) is 0 Å². The summed E-state index contributed by atoms with van der Waals surface area (Å²) in [6, 6.07) is 24.8. The number of ether oxygens (including phenoxy) is 4. The second kappa shape index (κ2) is 12.1. The van der Waals surface area contributed by atoms with Crippen LogP contribution < -0.4 is 9.47 Å². The fourth-order valence-corrected chi connectivity index (χ4v) is 6.27. The largest absolute Gasteiger partial charge is 0.493 e. The Balaban J connectivity index is 1.80. The molecule has 0 aliphatic heterocycles. The second-order valence-electron chi connectivity index (χ2n) is 10.2. The van der Waals surface area contributed by atoms with Gasteiger partial charge in [0.05, 0.1) is 33.6 Å². The lowest BCUT2D eigenvalue weighted by molar-refractivity contribution is -0.178. The first kappa shape index (κ1) is 28.9. The molecule has 0 unspecified atom stereocenters. The van der Waals surface area contributed by atoms with Crippen LogP contribution in [0.1, 0.15) is 43.7 Å². The molecule has 0 N–H and O–H groups in total. The average Bonchev–Trinajstić information content (AvgIpc) is 3.67. The minimum atomic E-state index is -1.78. The number of hydrogen-bond acceptors (Lipinski definition) is 8. The molecule has 1 fully saturated rings. The number of carbonyl (C=O) groups is 2. The van der Waals surface area contributed by atoms with E-state index in [1.807, 2.05) is 78.9 Å². The van der Waals surface area contributed by atoms with Crippen LogP contribution in [0.4, 0.5) is 0 Å². The maximum absolute atomic E-state index is 14.3. The van der Waals surface area contributed by atoms with E-state index in [1.54, 1.807) is 38.9 Å². The fraction of sp³-hybridized carbons (Fsp3) is 0.333. The SMILES string of the molecule is CCOC(=O)C1(C(=O)OCC)C[C@H](c2ccc(OC)c(OC)c2)C[C@]1(c1ccccc1)n1cc(-c2ccccc2)nn1. The van der Waals surface area contributed by atoms with Crippen molar-refractivity contribution in [2.24, 2.45) is 5.41 Å². The van der Waals surface area contributed by atoms with Gasteiger partial charge in [-0.2, -0.15) is 0 Å². The smallest absolute Gasteiger partial charge is 0.326 e. The predicted molar refractivity (Wildman–Crippen MR) is 156 cm³/mol. The normalized spacial score (nSPS) is 19.2. The van der Waals surface area contributed by atoms with Crippen LogP contribution in [0.3, 0.4) is 0 Å². The Kier molecular flexibility index (Phi) is 8.29. The van der Waals surface area contributed by atoms with Crippen molar-refractivity contribution in [1.82, 2.24) is 15.0 Å². The van der Waals surface area contributed by atoms with Gasteiger partial charge in [-0.3, -0.25) is 9.59 Å². The Morgan fingerprint density at radius 1 is 0.833 bits per heavy atom. The molecule has 42 heavy (non-hydrogen) atoms. The summed E-state index contributed by atoms with van der Waals surface area (Å²) < 4.78 is 24.1. The molecule has 4 aromatic rings. The highest BCUT2D eigenvalue weighted by atomic mass is 16.6. The summed E-state index contributed by atoms with van der Waals surface area (Å²) in [5.74, 6) is -0.473. The number of methoxy groups -OCH3 is 2. The van der Waals surface area contributed by atoms with E-state index in [0.717, 1.165) is 16.7 Å². The number of benzene rings is 3. The Morgan fingerprint density at radius 3 is 2.05 bits per heavy atom. The van der Waals surface area contributed by atoms with E-state index in [9.17, 15) is 9.59 Å². The minimum absolute atomic E-state index is 0.0957. The Labute approximate surface area is 245 Å². The molecule has 0 saturated heterocycles. The molecule has 0 bridgehead atoms. The predicted octanol–water partition coefficient (Wildman–Crippen LogP) is 5.40. The van der Waals surface area contributed by atoms with Gasteiger partial charge in [-0.15, -0.1) is 5.10 Å². The molecule has 218 valence electrons. The number of rotatable bonds is 10. The van der Waals surface area contributed by atoms with Crippen LogP contribution in [0, 0.1) is 5.41 Å². The molecule has 5 rings (SSSR count). The molecule has 3 aromatic carbocycles. The van der Waals surface area contributed by atoms with Gasteiger partial charge in [0.15, 0.2) is 16.9 Å². The molecule has 9 nitrogen and oxygen atoms in total. The van der Waals surface area contributed by atoms with Gasteiger partial charge >= 0.3 is 11.9 Å². The zero-order chi connectivity index (χ0) is 29.7. The Morgan fingerprint density at radius 2 is 1.45 bits per heavy atom. The van der Waals surface area contributed by atoms with Gasteiger partial charge in [0.2, 0.25) is 0 Å². The van der Waals surface area contributed by atoms with Crippen molar-refractivity contribution in [1.29, 1.82) is 0 Å². The van der Waals surface area contributed by atoms with Crippen molar-refractivity contribution >= 4 is 11.9 Å². The van der Waals surface area contributed by atoms with Gasteiger partial charge in [-0.25, -0.2) is 4.68 Å². The van der Waals surface area contributed by atoms with Crippen LogP contribution in [0.5, 0.6) is 11.5 Å². The van der Waals surface area contributed by atoms with Crippen molar-refractivity contribution < 1.29 is 28.5 Å². The molecule has 0 spiro atoms. The van der Waals surface area contributed by atoms with E-state index in [1.165, 1.54) is 0 Å². The first-order chi connectivity index (χ1) is 20.4. The number of nitrogens with zero attached hydrogens (tertiary/aromatic N) is 3. The third-order valence-corrected chi connectivity index (χ3v) is 8.13. The van der Waals surface area contributed by atoms with Crippen LogP contribution in [-0.2, 0) is 24.6 Å². The zero-order valence-corrected chi connectivity index (χ0v) is 24.3. The summed E-state index contributed by atoms with van der Waals surface area (Å²) in [6.45, 7) is 3.65. The maximum atomic E-state index is 14.3. The Bertz CT molecular complexity index is 1520. The maximum Gasteiger partial charge on any atom is 0.326 e. The summed E-state index contributed by atoms with van der Waals surface area (Å²) in [7, 11) is 3.15. The third-order valence-electron chi connectivity index (χ3n) is 8.13. The molecule has 1 heterocycles. The lowest BCUT2D eigenvalue weighted by atomic mass is 9.67. The van der Waals surface area contributed by atoms with Crippen molar-refractivity contribution in [3.63, 3.8) is 0 Å². The summed E-state index contributed by atoms with van der Waals surface area (Å²) in [4.78, 5) is 28.6. The first-order valence-electron chi connectivity index (χ1n) is 14.0. The fourth-order valence-electron chi connectivity index (χ4n) is 6.27. The van der Waals surface area contributed by atoms with Crippen molar-refractivity contribution in [2.75, 3.05) is 27.4 Å². The molecule has 1 aliphatic rings. The van der Waals surface area contributed by atoms with Gasteiger partial charge in [-0.05, 0) is 55.9 Å². The number of hydrogen-bond donors (Lipinski definition) is 0. The number of carbonyl (C=O) groups excluding carboxylic acids is 2. The van der Waals surface area contributed by atoms with E-state index >= 15 is 0 Å². The third kappa shape index (κ3) is 4.68. The molecular weight excluding hydrogens is 534 g/mol. The molecule has 0 radical (unpaired) electrons. The van der Waals surface area contributed by atoms with Gasteiger partial charge in [-0.1, -0.05) is 71.9 Å². The van der Waals surface area contributed by atoms with Crippen molar-refractivity contribution in [3.8, 4) is 22.8 Å². The molecule has 0 amide bonds. The summed E-state index contributed by atoms with van der Waals surface area (Å²) >= 11 is 0. The topological polar surface area (TPSA) is 102 Å². The molecule has 1 aromatic heterocycles. The quantitative estimate of drug-likeness (QED) is 0.185. The van der Waals surface area contributed by atoms with Crippen LogP contribution in [0.15, 0.2) is 85.1 Å². The van der Waals surface area contributed by atoms with Crippen LogP contribution >= 0.6 is 0 Å². The van der Waals surface area contributed by atoms with Crippen molar-refractivity contribution in [2.45, 2.75) is 38.1 Å². The minimum Gasteiger partial charge on any atom is -0.493 e. The molecule has 1 saturated carbocycles. The highest BCUT2D eigenvalue weighted by Crippen LogP contribution is 2.61. The van der Waals surface area contributed by atoms with Crippen molar-refractivity contribution in [3.05, 3.63) is 96.2 Å². The highest BCUT2D eigenvalue weighted by Gasteiger charge is 2.71. The Hall–Kier alpha value is -4.66. The van der Waals surface area contributed by atoms with Crippen LogP contribution in [-0.4, -0.2) is 54.4 Å². The second-order valence-corrected chi connectivity index (χ2v) is 10.2. The van der Waals surface area contributed by atoms with E-state index in [0.29, 0.717) is 23.6 Å². The van der Waals surface area contributed by atoms with Gasteiger partial charge in [0, 0.05) is 5.56 Å². The lowest BCUT2D eigenvalue weighted by Gasteiger charge is -2.42. The lowest BCUT2D eigenvalue weighted by Crippen LogP contribution is -2.57. The summed E-state index contributed by atoms with van der Waals surface area (Å²) in [5, 5.41) is 9.10. The number of esters is 2. The molecular formula is C33H35N3O6. The highest BCUT2D eigenvalue weighted by molar-refractivity contribution is 6.03. The standard InChI is InChI=1S/C33H35N3O6/c1-5-41-30(37)32(31(38)42-6-2)20-25(24-17-18-28(39-3)29(19-24)40-4)21-33(32,26-15-11-8-12-16-26)36-22-27(34-35-36)23-13-9-7-10-14-23/h7-19,22,25H,5-6,20-21H2,1-4H3/t25-,33+/m0/s1. The first-order valence-corrected chi connectivity index (χ1v) is 14.0. The van der Waals surface area contributed by atoms with E-state index in [-0.39, 0.29) is 25.6 Å². The van der Waals surface area contributed by atoms with Gasteiger partial charge < -0.3 is 18.9 Å². The van der Waals surface area contributed by atoms with Crippen LogP contribution in [0.2, 0.25) is 0 Å². The van der Waals surface area contributed by atoms with Gasteiger partial charge in [0.1, 0.15) is 11.2 Å². The average molecular weight is 570 g/mol. The van der Waals surface area contributed by atoms with Crippen LogP contribution in [0.25, 0.3) is 11.3 Å².